The Hall–Kier alpha value is -1.56. The molecule has 102 valence electrons. The summed E-state index contributed by atoms with van der Waals surface area (Å²) in [6.45, 7) is 10.8. The zero-order chi connectivity index (χ0) is 14.3. The summed E-state index contributed by atoms with van der Waals surface area (Å²) in [6.07, 6.45) is 2.45. The topological polar surface area (TPSA) is 0 Å². The van der Waals surface area contributed by atoms with Gasteiger partial charge in [-0.15, -0.1) is 0 Å². The van der Waals surface area contributed by atoms with Crippen LogP contribution in [0, 0.1) is 27.7 Å². The van der Waals surface area contributed by atoms with Crippen LogP contribution in [0.1, 0.15) is 41.2 Å². The second kappa shape index (κ2) is 7.78. The van der Waals surface area contributed by atoms with E-state index in [9.17, 15) is 0 Å². The molecule has 0 amide bonds. The molecule has 0 saturated carbocycles. The number of rotatable bonds is 2. The Morgan fingerprint density at radius 3 is 1.63 bits per heavy atom. The number of hydrogen-bond donors (Lipinski definition) is 0. The SMILES string of the molecule is CCCc1ccc(C)c(C)c1.Cc1ccccc1C. The van der Waals surface area contributed by atoms with Crippen molar-refractivity contribution in [2.24, 2.45) is 0 Å². The first-order chi connectivity index (χ1) is 9.04. The summed E-state index contributed by atoms with van der Waals surface area (Å²) in [5.74, 6) is 0. The normalized spacial score (nSPS) is 9.74. The molecule has 0 heteroatoms. The van der Waals surface area contributed by atoms with Crippen molar-refractivity contribution < 1.29 is 0 Å². The molecule has 2 aromatic rings. The van der Waals surface area contributed by atoms with Crippen molar-refractivity contribution in [3.8, 4) is 0 Å². The Morgan fingerprint density at radius 1 is 0.684 bits per heavy atom. The molecule has 0 radical (unpaired) electrons. The number of aryl methyl sites for hydroxylation is 5. The molecule has 0 nitrogen and oxygen atoms in total. The van der Waals surface area contributed by atoms with Crippen molar-refractivity contribution in [1.29, 1.82) is 0 Å². The van der Waals surface area contributed by atoms with E-state index in [0.717, 1.165) is 0 Å². The van der Waals surface area contributed by atoms with Gasteiger partial charge in [-0.05, 0) is 61.9 Å². The average Bonchev–Trinajstić information content (AvgIpc) is 2.39. The van der Waals surface area contributed by atoms with Gasteiger partial charge >= 0.3 is 0 Å². The third-order valence-electron chi connectivity index (χ3n) is 3.54. The minimum atomic E-state index is 1.21. The van der Waals surface area contributed by atoms with Crippen molar-refractivity contribution >= 4 is 0 Å². The van der Waals surface area contributed by atoms with Crippen molar-refractivity contribution in [2.45, 2.75) is 47.5 Å². The predicted molar refractivity (Wildman–Crippen MR) is 85.8 cm³/mol. The largest absolute Gasteiger partial charge is 0.0651 e. The van der Waals surface area contributed by atoms with E-state index in [1.807, 2.05) is 0 Å². The Balaban J connectivity index is 0.000000200. The molecule has 0 aromatic heterocycles. The van der Waals surface area contributed by atoms with Crippen LogP contribution < -0.4 is 0 Å². The van der Waals surface area contributed by atoms with Crippen LogP contribution in [-0.2, 0) is 6.42 Å². The molecule has 0 N–H and O–H groups in total. The minimum absolute atomic E-state index is 1.21. The highest BCUT2D eigenvalue weighted by molar-refractivity contribution is 5.29. The van der Waals surface area contributed by atoms with Crippen molar-refractivity contribution in [3.05, 3.63) is 70.3 Å². The van der Waals surface area contributed by atoms with Crippen molar-refractivity contribution in [2.75, 3.05) is 0 Å². The van der Waals surface area contributed by atoms with Gasteiger partial charge in [-0.3, -0.25) is 0 Å². The maximum absolute atomic E-state index is 2.29. The Bertz CT molecular complexity index is 488. The predicted octanol–water partition coefficient (Wildman–Crippen LogP) is 5.56. The van der Waals surface area contributed by atoms with E-state index < -0.39 is 0 Å². The first kappa shape index (κ1) is 15.5. The summed E-state index contributed by atoms with van der Waals surface area (Å²) >= 11 is 0. The van der Waals surface area contributed by atoms with Gasteiger partial charge < -0.3 is 0 Å². The molecule has 0 saturated heterocycles. The van der Waals surface area contributed by atoms with Gasteiger partial charge in [0, 0.05) is 0 Å². The van der Waals surface area contributed by atoms with E-state index in [4.69, 9.17) is 0 Å². The van der Waals surface area contributed by atoms with E-state index in [1.165, 1.54) is 40.7 Å². The second-order valence-electron chi connectivity index (χ2n) is 5.25. The first-order valence-corrected chi connectivity index (χ1v) is 7.13. The first-order valence-electron chi connectivity index (χ1n) is 7.13. The molecule has 0 fully saturated rings. The maximum Gasteiger partial charge on any atom is -0.0281 e. The smallest absolute Gasteiger partial charge is 0.0281 e. The number of hydrogen-bond acceptors (Lipinski definition) is 0. The summed E-state index contributed by atoms with van der Waals surface area (Å²) in [7, 11) is 0. The highest BCUT2D eigenvalue weighted by Crippen LogP contribution is 2.10. The fraction of sp³-hybridized carbons (Fsp3) is 0.368. The molecule has 2 aromatic carbocycles. The van der Waals surface area contributed by atoms with E-state index in [2.05, 4.69) is 77.1 Å². The fourth-order valence-electron chi connectivity index (χ4n) is 1.91. The summed E-state index contributed by atoms with van der Waals surface area (Å²) < 4.78 is 0. The van der Waals surface area contributed by atoms with E-state index >= 15 is 0 Å². The number of benzene rings is 2. The molecule has 0 aliphatic rings. The quantitative estimate of drug-likeness (QED) is 0.658. The van der Waals surface area contributed by atoms with Crippen LogP contribution in [0.2, 0.25) is 0 Å². The lowest BCUT2D eigenvalue weighted by molar-refractivity contribution is 0.919. The van der Waals surface area contributed by atoms with Gasteiger partial charge in [-0.25, -0.2) is 0 Å². The molecule has 0 aliphatic heterocycles. The maximum atomic E-state index is 2.29. The van der Waals surface area contributed by atoms with Crippen LogP contribution in [-0.4, -0.2) is 0 Å². The molecule has 0 unspecified atom stereocenters. The molecule has 19 heavy (non-hydrogen) atoms. The lowest BCUT2D eigenvalue weighted by atomic mass is 10.0. The molecular weight excluding hydrogens is 228 g/mol. The van der Waals surface area contributed by atoms with Gasteiger partial charge in [0.1, 0.15) is 0 Å². The molecule has 2 rings (SSSR count). The molecule has 0 aliphatic carbocycles. The van der Waals surface area contributed by atoms with Gasteiger partial charge in [0.2, 0.25) is 0 Å². The van der Waals surface area contributed by atoms with E-state index in [1.54, 1.807) is 0 Å². The van der Waals surface area contributed by atoms with Crippen LogP contribution in [0.3, 0.4) is 0 Å². The molecule has 0 heterocycles. The highest BCUT2D eigenvalue weighted by atomic mass is 14.0. The van der Waals surface area contributed by atoms with Crippen LogP contribution in [0.4, 0.5) is 0 Å². The third kappa shape index (κ3) is 5.30. The van der Waals surface area contributed by atoms with Crippen LogP contribution in [0.15, 0.2) is 42.5 Å². The zero-order valence-electron chi connectivity index (χ0n) is 13.0. The lowest BCUT2D eigenvalue weighted by Crippen LogP contribution is -1.86. The van der Waals surface area contributed by atoms with Crippen LogP contribution in [0.25, 0.3) is 0 Å². The monoisotopic (exact) mass is 254 g/mol. The van der Waals surface area contributed by atoms with Crippen LogP contribution in [0.5, 0.6) is 0 Å². The van der Waals surface area contributed by atoms with Crippen LogP contribution >= 0.6 is 0 Å². The summed E-state index contributed by atoms with van der Waals surface area (Å²) in [5.41, 5.74) is 7.01. The molecule has 0 atom stereocenters. The zero-order valence-corrected chi connectivity index (χ0v) is 13.0. The summed E-state index contributed by atoms with van der Waals surface area (Å²) in [5, 5.41) is 0. The van der Waals surface area contributed by atoms with Gasteiger partial charge in [0.05, 0.1) is 0 Å². The van der Waals surface area contributed by atoms with Crippen molar-refractivity contribution in [3.63, 3.8) is 0 Å². The molecular formula is C19H26. The summed E-state index contributed by atoms with van der Waals surface area (Å²) in [4.78, 5) is 0. The fourth-order valence-corrected chi connectivity index (χ4v) is 1.91. The standard InChI is InChI=1S/C11H16.C8H10/c1-4-5-11-7-6-9(2)10(3)8-11;1-7-5-3-4-6-8(7)2/h6-8H,4-5H2,1-3H3;3-6H,1-2H3. The minimum Gasteiger partial charge on any atom is -0.0651 e. The van der Waals surface area contributed by atoms with E-state index in [0.29, 0.717) is 0 Å². The Morgan fingerprint density at radius 2 is 1.21 bits per heavy atom. The third-order valence-corrected chi connectivity index (χ3v) is 3.54. The highest BCUT2D eigenvalue weighted by Gasteiger charge is 1.93. The van der Waals surface area contributed by atoms with Gasteiger partial charge in [-0.2, -0.15) is 0 Å². The lowest BCUT2D eigenvalue weighted by Gasteiger charge is -2.02. The van der Waals surface area contributed by atoms with Crippen molar-refractivity contribution in [1.82, 2.24) is 0 Å². The van der Waals surface area contributed by atoms with Gasteiger partial charge in [-0.1, -0.05) is 55.8 Å². The average molecular weight is 254 g/mol. The molecule has 0 spiro atoms. The Labute approximate surface area is 118 Å². The van der Waals surface area contributed by atoms with Gasteiger partial charge in [0.25, 0.3) is 0 Å². The second-order valence-corrected chi connectivity index (χ2v) is 5.25. The Kier molecular flexibility index (Phi) is 6.35. The molecule has 0 bridgehead atoms. The van der Waals surface area contributed by atoms with E-state index in [-0.39, 0.29) is 0 Å². The summed E-state index contributed by atoms with van der Waals surface area (Å²) in [6, 6.07) is 15.1. The van der Waals surface area contributed by atoms with Gasteiger partial charge in [0.15, 0.2) is 0 Å².